The average Bonchev–Trinajstić information content (AvgIpc) is 1.88. The van der Waals surface area contributed by atoms with Gasteiger partial charge in [-0.3, -0.25) is 0 Å². The van der Waals surface area contributed by atoms with Crippen molar-refractivity contribution in [3.05, 3.63) is 0 Å². The molecule has 1 fully saturated rings. The second kappa shape index (κ2) is 3.18. The van der Waals surface area contributed by atoms with E-state index in [1.807, 2.05) is 0 Å². The van der Waals surface area contributed by atoms with Crippen LogP contribution in [-0.2, 0) is 4.74 Å². The largest absolute Gasteiger partial charge is 0.381 e. The minimum absolute atomic E-state index is 0.392. The fourth-order valence-electron chi connectivity index (χ4n) is 1.40. The summed E-state index contributed by atoms with van der Waals surface area (Å²) in [5, 5.41) is 0. The van der Waals surface area contributed by atoms with E-state index in [9.17, 15) is 0 Å². The fourth-order valence-corrected chi connectivity index (χ4v) is 1.40. The third-order valence-corrected chi connectivity index (χ3v) is 2.00. The standard InChI is InChI=1S/C7H15NO/c1-9-7-4-2-3-6(8)5-7/h6-7H,2-5,8H2,1H3/t6-,7-/m0/s1. The number of hydrogen-bond acceptors (Lipinski definition) is 2. The molecule has 0 unspecified atom stereocenters. The molecule has 1 aliphatic rings. The summed E-state index contributed by atoms with van der Waals surface area (Å²) < 4.78 is 5.18. The van der Waals surface area contributed by atoms with Gasteiger partial charge in [0.05, 0.1) is 6.10 Å². The van der Waals surface area contributed by atoms with Crippen molar-refractivity contribution in [2.24, 2.45) is 5.73 Å². The summed E-state index contributed by atoms with van der Waals surface area (Å²) >= 11 is 0. The van der Waals surface area contributed by atoms with Gasteiger partial charge in [0.25, 0.3) is 0 Å². The Kier molecular flexibility index (Phi) is 2.49. The molecule has 0 aromatic rings. The molecule has 0 aliphatic heterocycles. The highest BCUT2D eigenvalue weighted by atomic mass is 16.5. The quantitative estimate of drug-likeness (QED) is 0.571. The topological polar surface area (TPSA) is 35.2 Å². The Hall–Kier alpha value is -0.0800. The molecule has 2 N–H and O–H groups in total. The van der Waals surface area contributed by atoms with Crippen molar-refractivity contribution in [3.63, 3.8) is 0 Å². The highest BCUT2D eigenvalue weighted by Gasteiger charge is 2.17. The van der Waals surface area contributed by atoms with Crippen molar-refractivity contribution in [3.8, 4) is 0 Å². The molecule has 54 valence electrons. The van der Waals surface area contributed by atoms with Gasteiger partial charge in [-0.05, 0) is 25.7 Å². The summed E-state index contributed by atoms with van der Waals surface area (Å²) in [6.45, 7) is 0. The maximum atomic E-state index is 5.72. The molecule has 2 nitrogen and oxygen atoms in total. The summed E-state index contributed by atoms with van der Waals surface area (Å²) in [7, 11) is 1.77. The highest BCUT2D eigenvalue weighted by molar-refractivity contribution is 4.74. The summed E-state index contributed by atoms with van der Waals surface area (Å²) in [5.41, 5.74) is 5.72. The van der Waals surface area contributed by atoms with Crippen LogP contribution < -0.4 is 5.73 Å². The SMILES string of the molecule is CO[C@H]1CCC[C@H](N)C1. The van der Waals surface area contributed by atoms with Crippen molar-refractivity contribution in [2.75, 3.05) is 7.11 Å². The van der Waals surface area contributed by atoms with Crippen molar-refractivity contribution >= 4 is 0 Å². The molecule has 0 bridgehead atoms. The lowest BCUT2D eigenvalue weighted by atomic mass is 9.94. The molecule has 0 radical (unpaired) electrons. The van der Waals surface area contributed by atoms with Crippen LogP contribution in [0.1, 0.15) is 25.7 Å². The van der Waals surface area contributed by atoms with Crippen LogP contribution >= 0.6 is 0 Å². The maximum Gasteiger partial charge on any atom is 0.0586 e. The first kappa shape index (κ1) is 7.03. The van der Waals surface area contributed by atoms with E-state index in [0.29, 0.717) is 12.1 Å². The van der Waals surface area contributed by atoms with Gasteiger partial charge in [0.15, 0.2) is 0 Å². The van der Waals surface area contributed by atoms with Crippen molar-refractivity contribution < 1.29 is 4.74 Å². The van der Waals surface area contributed by atoms with Crippen molar-refractivity contribution in [1.29, 1.82) is 0 Å². The monoisotopic (exact) mass is 129 g/mol. The fraction of sp³-hybridized carbons (Fsp3) is 1.00. The van der Waals surface area contributed by atoms with Gasteiger partial charge >= 0.3 is 0 Å². The van der Waals surface area contributed by atoms with Gasteiger partial charge in [0, 0.05) is 13.2 Å². The zero-order chi connectivity index (χ0) is 6.69. The number of rotatable bonds is 1. The Labute approximate surface area is 56.4 Å². The second-order valence-corrected chi connectivity index (χ2v) is 2.78. The Balaban J connectivity index is 2.23. The zero-order valence-electron chi connectivity index (χ0n) is 5.97. The van der Waals surface area contributed by atoms with Crippen LogP contribution in [0.15, 0.2) is 0 Å². The maximum absolute atomic E-state index is 5.72. The molecule has 2 atom stereocenters. The average molecular weight is 129 g/mol. The molecule has 0 amide bonds. The normalized spacial score (nSPS) is 36.7. The molecule has 0 aromatic heterocycles. The van der Waals surface area contributed by atoms with E-state index in [4.69, 9.17) is 10.5 Å². The Morgan fingerprint density at radius 1 is 1.44 bits per heavy atom. The minimum atomic E-state index is 0.392. The molecule has 1 rings (SSSR count). The van der Waals surface area contributed by atoms with E-state index < -0.39 is 0 Å². The van der Waals surface area contributed by atoms with E-state index >= 15 is 0 Å². The molecule has 9 heavy (non-hydrogen) atoms. The first-order valence-corrected chi connectivity index (χ1v) is 3.61. The van der Waals surface area contributed by atoms with Gasteiger partial charge in [0.2, 0.25) is 0 Å². The molecular weight excluding hydrogens is 114 g/mol. The molecule has 0 aromatic carbocycles. The second-order valence-electron chi connectivity index (χ2n) is 2.78. The number of ether oxygens (including phenoxy) is 1. The van der Waals surface area contributed by atoms with Gasteiger partial charge in [-0.25, -0.2) is 0 Å². The molecule has 1 aliphatic carbocycles. The van der Waals surface area contributed by atoms with Crippen LogP contribution in [-0.4, -0.2) is 19.3 Å². The Morgan fingerprint density at radius 2 is 2.22 bits per heavy atom. The summed E-state index contributed by atoms with van der Waals surface area (Å²) in [4.78, 5) is 0. The van der Waals surface area contributed by atoms with E-state index in [0.717, 1.165) is 6.42 Å². The van der Waals surface area contributed by atoms with Gasteiger partial charge in [-0.1, -0.05) is 0 Å². The van der Waals surface area contributed by atoms with Gasteiger partial charge in [-0.2, -0.15) is 0 Å². The predicted octanol–water partition coefficient (Wildman–Crippen LogP) is 0.903. The third-order valence-electron chi connectivity index (χ3n) is 2.00. The highest BCUT2D eigenvalue weighted by Crippen LogP contribution is 2.18. The van der Waals surface area contributed by atoms with E-state index in [2.05, 4.69) is 0 Å². The molecule has 0 saturated heterocycles. The van der Waals surface area contributed by atoms with Crippen LogP contribution in [0.5, 0.6) is 0 Å². The van der Waals surface area contributed by atoms with E-state index in [1.54, 1.807) is 7.11 Å². The van der Waals surface area contributed by atoms with E-state index in [-0.39, 0.29) is 0 Å². The van der Waals surface area contributed by atoms with E-state index in [1.165, 1.54) is 19.3 Å². The van der Waals surface area contributed by atoms with Crippen LogP contribution in [0, 0.1) is 0 Å². The van der Waals surface area contributed by atoms with Gasteiger partial charge in [-0.15, -0.1) is 0 Å². The minimum Gasteiger partial charge on any atom is -0.381 e. The van der Waals surface area contributed by atoms with Crippen molar-refractivity contribution in [1.82, 2.24) is 0 Å². The smallest absolute Gasteiger partial charge is 0.0586 e. The van der Waals surface area contributed by atoms with Crippen LogP contribution in [0.3, 0.4) is 0 Å². The van der Waals surface area contributed by atoms with Gasteiger partial charge in [0.1, 0.15) is 0 Å². The number of methoxy groups -OCH3 is 1. The summed E-state index contributed by atoms with van der Waals surface area (Å²) in [6, 6.07) is 0.392. The lowest BCUT2D eigenvalue weighted by molar-refractivity contribution is 0.0645. The van der Waals surface area contributed by atoms with Crippen molar-refractivity contribution in [2.45, 2.75) is 37.8 Å². The molecule has 2 heteroatoms. The van der Waals surface area contributed by atoms with Crippen LogP contribution in [0.4, 0.5) is 0 Å². The third kappa shape index (κ3) is 1.95. The summed E-state index contributed by atoms with van der Waals surface area (Å²) in [5.74, 6) is 0. The Morgan fingerprint density at radius 3 is 2.67 bits per heavy atom. The number of nitrogens with two attached hydrogens (primary N) is 1. The first-order chi connectivity index (χ1) is 4.33. The summed E-state index contributed by atoms with van der Waals surface area (Å²) in [6.07, 6.45) is 5.11. The van der Waals surface area contributed by atoms with Crippen LogP contribution in [0.25, 0.3) is 0 Å². The lowest BCUT2D eigenvalue weighted by Crippen LogP contribution is -2.31. The number of hydrogen-bond donors (Lipinski definition) is 1. The molecular formula is C7H15NO. The first-order valence-electron chi connectivity index (χ1n) is 3.61. The predicted molar refractivity (Wildman–Crippen MR) is 37.2 cm³/mol. The lowest BCUT2D eigenvalue weighted by Gasteiger charge is -2.24. The molecule has 0 heterocycles. The zero-order valence-corrected chi connectivity index (χ0v) is 5.97. The molecule has 1 saturated carbocycles. The Bertz CT molecular complexity index is 85.0. The van der Waals surface area contributed by atoms with Gasteiger partial charge < -0.3 is 10.5 Å². The van der Waals surface area contributed by atoms with Crippen LogP contribution in [0.2, 0.25) is 0 Å². The molecule has 0 spiro atoms.